The standard InChI is InChI=1S/C34H32ClFN6O4/c1-5-19-15-41-23(16-40(19)25(44)6-2)33(45)39(4)31-30(41)20-14-21(35)28(26-22(36)8-7-9-24(26)43)38-32(20)42(34(31)46)29-17(3)12-13-37-27(29)18-10-11-18/h6-9,12-14,18-19,23,43H,2,5,10-11,15-16H2,1,3-4H3/t19-,23-/m1/s1. The van der Waals surface area contributed by atoms with Gasteiger partial charge in [0.25, 0.3) is 11.5 Å². The minimum atomic E-state index is -0.779. The van der Waals surface area contributed by atoms with Gasteiger partial charge in [0.2, 0.25) is 5.91 Å². The van der Waals surface area contributed by atoms with E-state index in [4.69, 9.17) is 16.6 Å². The summed E-state index contributed by atoms with van der Waals surface area (Å²) in [7, 11) is 1.56. The van der Waals surface area contributed by atoms with Gasteiger partial charge < -0.3 is 19.8 Å². The Balaban J connectivity index is 1.59. The van der Waals surface area contributed by atoms with Gasteiger partial charge in [-0.25, -0.2) is 9.37 Å². The molecule has 0 unspecified atom stereocenters. The molecule has 46 heavy (non-hydrogen) atoms. The molecule has 1 saturated heterocycles. The summed E-state index contributed by atoms with van der Waals surface area (Å²) in [6, 6.07) is 6.31. The predicted octanol–water partition coefficient (Wildman–Crippen LogP) is 5.09. The molecule has 1 N–H and O–H groups in total. The number of carbonyl (C=O) groups excluding carboxylic acids is 2. The molecule has 7 rings (SSSR count). The Bertz CT molecular complexity index is 2020. The summed E-state index contributed by atoms with van der Waals surface area (Å²) in [5.74, 6) is -1.53. The Hall–Kier alpha value is -4.77. The Morgan fingerprint density at radius 3 is 2.61 bits per heavy atom. The van der Waals surface area contributed by atoms with Crippen molar-refractivity contribution in [2.45, 2.75) is 51.1 Å². The van der Waals surface area contributed by atoms with E-state index in [0.717, 1.165) is 24.1 Å². The summed E-state index contributed by atoms with van der Waals surface area (Å²) in [5.41, 5.74) is 2.14. The molecule has 2 amide bonds. The quantitative estimate of drug-likeness (QED) is 0.302. The highest BCUT2D eigenvalue weighted by atomic mass is 35.5. The Kier molecular flexibility index (Phi) is 7.11. The minimum absolute atomic E-state index is 0.0305. The van der Waals surface area contributed by atoms with Crippen molar-refractivity contribution in [2.75, 3.05) is 29.9 Å². The zero-order chi connectivity index (χ0) is 32.6. The van der Waals surface area contributed by atoms with Crippen LogP contribution in [0.15, 0.2) is 54.0 Å². The van der Waals surface area contributed by atoms with Gasteiger partial charge in [-0.05, 0) is 62.1 Å². The van der Waals surface area contributed by atoms with Gasteiger partial charge >= 0.3 is 0 Å². The van der Waals surface area contributed by atoms with Crippen LogP contribution in [0.25, 0.3) is 28.0 Å². The SMILES string of the molecule is C=CC(=O)N1C[C@@H]2C(=O)N(C)c3c(c4cc(Cl)c(-c5c(O)cccc5F)nc4n(-c4c(C)ccnc4C4CC4)c3=O)N2C[C@H]1CC. The lowest BCUT2D eigenvalue weighted by molar-refractivity contribution is -0.131. The number of likely N-dealkylation sites (N-methyl/N-ethyl adjacent to an activating group) is 1. The number of aromatic hydroxyl groups is 1. The van der Waals surface area contributed by atoms with Gasteiger partial charge in [0.05, 0.1) is 39.9 Å². The van der Waals surface area contributed by atoms with E-state index in [0.29, 0.717) is 23.2 Å². The van der Waals surface area contributed by atoms with Crippen molar-refractivity contribution < 1.29 is 19.1 Å². The molecule has 3 aromatic heterocycles. The zero-order valence-corrected chi connectivity index (χ0v) is 26.4. The summed E-state index contributed by atoms with van der Waals surface area (Å²) < 4.78 is 16.7. The highest BCUT2D eigenvalue weighted by Gasteiger charge is 2.47. The van der Waals surface area contributed by atoms with E-state index in [1.54, 1.807) is 24.2 Å². The molecule has 2 fully saturated rings. The normalized spacial score (nSPS) is 19.3. The van der Waals surface area contributed by atoms with E-state index < -0.39 is 17.4 Å². The number of benzene rings is 1. The predicted molar refractivity (Wildman–Crippen MR) is 174 cm³/mol. The van der Waals surface area contributed by atoms with Gasteiger partial charge in [0, 0.05) is 37.1 Å². The number of nitrogens with zero attached hydrogens (tertiary/aromatic N) is 6. The van der Waals surface area contributed by atoms with E-state index >= 15 is 4.39 Å². The largest absolute Gasteiger partial charge is 0.507 e. The van der Waals surface area contributed by atoms with E-state index in [1.807, 2.05) is 24.8 Å². The molecule has 12 heteroatoms. The van der Waals surface area contributed by atoms with Crippen LogP contribution in [-0.2, 0) is 9.59 Å². The van der Waals surface area contributed by atoms with E-state index in [9.17, 15) is 19.5 Å². The van der Waals surface area contributed by atoms with Crippen LogP contribution < -0.4 is 15.4 Å². The molecule has 3 aliphatic rings. The molecule has 2 aliphatic heterocycles. The molecule has 10 nitrogen and oxygen atoms in total. The first-order valence-electron chi connectivity index (χ1n) is 15.3. The number of halogens is 2. The summed E-state index contributed by atoms with van der Waals surface area (Å²) >= 11 is 6.86. The molecule has 4 aromatic rings. The third-order valence-corrected chi connectivity index (χ3v) is 9.67. The van der Waals surface area contributed by atoms with Crippen molar-refractivity contribution in [1.82, 2.24) is 19.4 Å². The van der Waals surface area contributed by atoms with E-state index in [-0.39, 0.29) is 70.2 Å². The molecular weight excluding hydrogens is 611 g/mol. The van der Waals surface area contributed by atoms with Gasteiger partial charge in [-0.1, -0.05) is 31.2 Å². The van der Waals surface area contributed by atoms with Crippen LogP contribution in [0.5, 0.6) is 5.75 Å². The van der Waals surface area contributed by atoms with Crippen molar-refractivity contribution in [3.8, 4) is 22.7 Å². The highest BCUT2D eigenvalue weighted by Crippen LogP contribution is 2.47. The van der Waals surface area contributed by atoms with Crippen molar-refractivity contribution in [3.05, 3.63) is 81.6 Å². The summed E-state index contributed by atoms with van der Waals surface area (Å²) in [6.07, 6.45) is 5.39. The van der Waals surface area contributed by atoms with Gasteiger partial charge in [-0.3, -0.25) is 23.9 Å². The lowest BCUT2D eigenvalue weighted by atomic mass is 9.97. The number of phenolic OH excluding ortho intramolecular Hbond substituents is 1. The number of pyridine rings is 3. The molecule has 2 atom stereocenters. The maximum absolute atomic E-state index is 15.2. The number of anilines is 2. The zero-order valence-electron chi connectivity index (χ0n) is 25.6. The van der Waals surface area contributed by atoms with Gasteiger partial charge in [-0.2, -0.15) is 0 Å². The van der Waals surface area contributed by atoms with Gasteiger partial charge in [-0.15, -0.1) is 0 Å². The molecule has 1 saturated carbocycles. The topological polar surface area (TPSA) is 112 Å². The third kappa shape index (κ3) is 4.39. The second-order valence-corrected chi connectivity index (χ2v) is 12.5. The third-order valence-electron chi connectivity index (χ3n) is 9.38. The second-order valence-electron chi connectivity index (χ2n) is 12.1. The monoisotopic (exact) mass is 642 g/mol. The number of piperazine rings is 1. The summed E-state index contributed by atoms with van der Waals surface area (Å²) in [4.78, 5) is 56.1. The van der Waals surface area contributed by atoms with Crippen LogP contribution in [-0.4, -0.2) is 68.6 Å². The first-order chi connectivity index (χ1) is 22.1. The number of amides is 2. The van der Waals surface area contributed by atoms with Crippen LogP contribution >= 0.6 is 11.6 Å². The van der Waals surface area contributed by atoms with Gasteiger partial charge in [0.15, 0.2) is 5.65 Å². The maximum atomic E-state index is 15.2. The van der Waals surface area contributed by atoms with Gasteiger partial charge in [0.1, 0.15) is 23.3 Å². The fourth-order valence-corrected chi connectivity index (χ4v) is 7.16. The molecule has 1 aromatic carbocycles. The molecule has 0 radical (unpaired) electrons. The average Bonchev–Trinajstić information content (AvgIpc) is 3.89. The molecule has 5 heterocycles. The number of aryl methyl sites for hydroxylation is 1. The number of rotatable bonds is 5. The van der Waals surface area contributed by atoms with E-state index in [1.165, 1.54) is 33.7 Å². The number of hydrogen-bond donors (Lipinski definition) is 1. The van der Waals surface area contributed by atoms with Crippen molar-refractivity contribution in [2.24, 2.45) is 0 Å². The van der Waals surface area contributed by atoms with Crippen LogP contribution in [0.4, 0.5) is 15.8 Å². The Morgan fingerprint density at radius 2 is 1.93 bits per heavy atom. The van der Waals surface area contributed by atoms with Crippen molar-refractivity contribution >= 4 is 45.8 Å². The molecular formula is C34H32ClFN6O4. The summed E-state index contributed by atoms with van der Waals surface area (Å²) in [6.45, 7) is 7.86. The summed E-state index contributed by atoms with van der Waals surface area (Å²) in [5, 5.41) is 11.2. The molecule has 0 bridgehead atoms. The number of carbonyl (C=O) groups is 2. The average molecular weight is 643 g/mol. The van der Waals surface area contributed by atoms with Crippen LogP contribution in [0.3, 0.4) is 0 Å². The van der Waals surface area contributed by atoms with Crippen LogP contribution in [0.1, 0.15) is 43.4 Å². The second kappa shape index (κ2) is 10.9. The van der Waals surface area contributed by atoms with Crippen LogP contribution in [0, 0.1) is 12.7 Å². The highest BCUT2D eigenvalue weighted by molar-refractivity contribution is 6.34. The van der Waals surface area contributed by atoms with E-state index in [2.05, 4.69) is 11.6 Å². The maximum Gasteiger partial charge on any atom is 0.283 e. The number of aromatic nitrogens is 3. The number of phenols is 1. The lowest BCUT2D eigenvalue weighted by Gasteiger charge is -2.50. The molecule has 1 aliphatic carbocycles. The van der Waals surface area contributed by atoms with Crippen molar-refractivity contribution in [1.29, 1.82) is 0 Å². The Labute approximate surface area is 269 Å². The molecule has 0 spiro atoms. The fourth-order valence-electron chi connectivity index (χ4n) is 6.91. The Morgan fingerprint density at radius 1 is 1.17 bits per heavy atom. The lowest BCUT2D eigenvalue weighted by Crippen LogP contribution is -2.66. The fraction of sp³-hybridized carbons (Fsp3) is 0.324. The first kappa shape index (κ1) is 29.9. The smallest absolute Gasteiger partial charge is 0.283 e. The number of fused-ring (bicyclic) bond motifs is 5. The number of hydrogen-bond acceptors (Lipinski definition) is 7. The first-order valence-corrected chi connectivity index (χ1v) is 15.6. The van der Waals surface area contributed by atoms with Crippen LogP contribution in [0.2, 0.25) is 5.02 Å². The molecule has 236 valence electrons. The van der Waals surface area contributed by atoms with Crippen molar-refractivity contribution in [3.63, 3.8) is 0 Å². The minimum Gasteiger partial charge on any atom is -0.507 e.